The van der Waals surface area contributed by atoms with Crippen LogP contribution in [0.3, 0.4) is 0 Å². The van der Waals surface area contributed by atoms with Crippen molar-refractivity contribution in [3.63, 3.8) is 0 Å². The van der Waals surface area contributed by atoms with E-state index in [9.17, 15) is 4.39 Å². The van der Waals surface area contributed by atoms with Crippen molar-refractivity contribution in [2.45, 2.75) is 13.0 Å². The molecule has 0 aliphatic carbocycles. The molecular formula is C8H10BrFO2S. The summed E-state index contributed by atoms with van der Waals surface area (Å²) in [5.41, 5.74) is 0. The van der Waals surface area contributed by atoms with E-state index in [0.717, 1.165) is 3.79 Å². The summed E-state index contributed by atoms with van der Waals surface area (Å²) >= 11 is 4.50. The summed E-state index contributed by atoms with van der Waals surface area (Å²) < 4.78 is 19.0. The monoisotopic (exact) mass is 268 g/mol. The van der Waals surface area contributed by atoms with Crippen LogP contribution in [0.15, 0.2) is 9.85 Å². The lowest BCUT2D eigenvalue weighted by Gasteiger charge is -2.09. The Kier molecular flexibility index (Phi) is 4.31. The number of thiophene rings is 1. The largest absolute Gasteiger partial charge is 0.394 e. The van der Waals surface area contributed by atoms with E-state index in [1.807, 2.05) is 0 Å². The van der Waals surface area contributed by atoms with Crippen LogP contribution in [0.2, 0.25) is 0 Å². The third-order valence-corrected chi connectivity index (χ3v) is 3.29. The SMILES string of the molecule is CC(OCCO)c1sc(Br)cc1F. The Morgan fingerprint density at radius 2 is 2.46 bits per heavy atom. The highest BCUT2D eigenvalue weighted by molar-refractivity contribution is 9.11. The van der Waals surface area contributed by atoms with Crippen molar-refractivity contribution in [3.8, 4) is 0 Å². The van der Waals surface area contributed by atoms with E-state index in [4.69, 9.17) is 9.84 Å². The predicted molar refractivity (Wildman–Crippen MR) is 53.4 cm³/mol. The molecular weight excluding hydrogens is 259 g/mol. The van der Waals surface area contributed by atoms with Crippen LogP contribution in [0.5, 0.6) is 0 Å². The summed E-state index contributed by atoms with van der Waals surface area (Å²) in [7, 11) is 0. The van der Waals surface area contributed by atoms with Crippen LogP contribution in [0.4, 0.5) is 4.39 Å². The smallest absolute Gasteiger partial charge is 0.140 e. The van der Waals surface area contributed by atoms with Gasteiger partial charge in [0.15, 0.2) is 0 Å². The second kappa shape index (κ2) is 5.05. The Hall–Kier alpha value is 0.0300. The van der Waals surface area contributed by atoms with E-state index < -0.39 is 0 Å². The molecule has 5 heteroatoms. The van der Waals surface area contributed by atoms with Crippen LogP contribution >= 0.6 is 27.3 Å². The van der Waals surface area contributed by atoms with Gasteiger partial charge in [0.05, 0.1) is 28.0 Å². The van der Waals surface area contributed by atoms with Gasteiger partial charge in [0.2, 0.25) is 0 Å². The summed E-state index contributed by atoms with van der Waals surface area (Å²) in [5, 5.41) is 8.51. The van der Waals surface area contributed by atoms with E-state index in [1.54, 1.807) is 6.92 Å². The summed E-state index contributed by atoms with van der Waals surface area (Å²) in [6.45, 7) is 1.95. The lowest BCUT2D eigenvalue weighted by Crippen LogP contribution is -2.04. The summed E-state index contributed by atoms with van der Waals surface area (Å²) in [6.07, 6.45) is -0.302. The lowest BCUT2D eigenvalue weighted by atomic mass is 10.3. The zero-order chi connectivity index (χ0) is 9.84. The molecule has 0 aliphatic rings. The minimum Gasteiger partial charge on any atom is -0.394 e. The highest BCUT2D eigenvalue weighted by Gasteiger charge is 2.14. The fourth-order valence-electron chi connectivity index (χ4n) is 0.936. The number of hydrogen-bond acceptors (Lipinski definition) is 3. The number of aliphatic hydroxyl groups excluding tert-OH is 1. The highest BCUT2D eigenvalue weighted by atomic mass is 79.9. The van der Waals surface area contributed by atoms with E-state index >= 15 is 0 Å². The molecule has 0 saturated heterocycles. The van der Waals surface area contributed by atoms with E-state index in [0.29, 0.717) is 4.88 Å². The second-order valence-electron chi connectivity index (χ2n) is 2.50. The number of aliphatic hydroxyl groups is 1. The predicted octanol–water partition coefficient (Wildman–Crippen LogP) is 2.72. The molecule has 1 atom stereocenters. The normalized spacial score (nSPS) is 13.2. The van der Waals surface area contributed by atoms with Gasteiger partial charge < -0.3 is 9.84 Å². The maximum Gasteiger partial charge on any atom is 0.140 e. The van der Waals surface area contributed by atoms with Crippen LogP contribution in [0, 0.1) is 5.82 Å². The fourth-order valence-corrected chi connectivity index (χ4v) is 2.42. The molecule has 0 aromatic carbocycles. The standard InChI is InChI=1S/C8H10BrFO2S/c1-5(12-3-2-11)8-6(10)4-7(9)13-8/h4-5,11H,2-3H2,1H3. The van der Waals surface area contributed by atoms with E-state index in [-0.39, 0.29) is 25.1 Å². The van der Waals surface area contributed by atoms with Crippen molar-refractivity contribution < 1.29 is 14.2 Å². The molecule has 1 unspecified atom stereocenters. The molecule has 74 valence electrons. The zero-order valence-corrected chi connectivity index (χ0v) is 9.49. The van der Waals surface area contributed by atoms with E-state index in [2.05, 4.69) is 15.9 Å². The Morgan fingerprint density at radius 1 is 1.77 bits per heavy atom. The van der Waals surface area contributed by atoms with Gasteiger partial charge in [-0.1, -0.05) is 0 Å². The first-order valence-electron chi connectivity index (χ1n) is 3.82. The molecule has 0 amide bonds. The number of halogens is 2. The molecule has 0 aliphatic heterocycles. The third kappa shape index (κ3) is 3.02. The average molecular weight is 269 g/mol. The molecule has 0 radical (unpaired) electrons. The van der Waals surface area contributed by atoms with Crippen molar-refractivity contribution in [1.82, 2.24) is 0 Å². The van der Waals surface area contributed by atoms with Crippen molar-refractivity contribution in [3.05, 3.63) is 20.5 Å². The van der Waals surface area contributed by atoms with Crippen molar-refractivity contribution in [2.24, 2.45) is 0 Å². The van der Waals surface area contributed by atoms with Crippen LogP contribution < -0.4 is 0 Å². The van der Waals surface area contributed by atoms with Crippen LogP contribution in [0.25, 0.3) is 0 Å². The molecule has 1 aromatic rings. The van der Waals surface area contributed by atoms with Crippen molar-refractivity contribution in [2.75, 3.05) is 13.2 Å². The molecule has 1 heterocycles. The fraction of sp³-hybridized carbons (Fsp3) is 0.500. The summed E-state index contributed by atoms with van der Waals surface area (Å²) in [6, 6.07) is 1.42. The minimum absolute atomic E-state index is 0.0432. The van der Waals surface area contributed by atoms with Gasteiger partial charge in [-0.15, -0.1) is 11.3 Å². The van der Waals surface area contributed by atoms with Crippen molar-refractivity contribution in [1.29, 1.82) is 0 Å². The second-order valence-corrected chi connectivity index (χ2v) is 4.96. The highest BCUT2D eigenvalue weighted by Crippen LogP contribution is 2.32. The number of hydrogen-bond donors (Lipinski definition) is 1. The molecule has 0 bridgehead atoms. The van der Waals surface area contributed by atoms with Gasteiger partial charge in [0, 0.05) is 0 Å². The first kappa shape index (κ1) is 11.1. The Morgan fingerprint density at radius 3 is 2.92 bits per heavy atom. The minimum atomic E-state index is -0.302. The lowest BCUT2D eigenvalue weighted by molar-refractivity contribution is 0.0387. The average Bonchev–Trinajstić information content (AvgIpc) is 2.41. The molecule has 13 heavy (non-hydrogen) atoms. The van der Waals surface area contributed by atoms with Crippen LogP contribution in [-0.4, -0.2) is 18.3 Å². The van der Waals surface area contributed by atoms with Gasteiger partial charge in [-0.25, -0.2) is 4.39 Å². The number of rotatable bonds is 4. The van der Waals surface area contributed by atoms with Crippen molar-refractivity contribution >= 4 is 27.3 Å². The molecule has 2 nitrogen and oxygen atoms in total. The third-order valence-electron chi connectivity index (χ3n) is 1.51. The van der Waals surface area contributed by atoms with Gasteiger partial charge in [0.25, 0.3) is 0 Å². The summed E-state index contributed by atoms with van der Waals surface area (Å²) in [5.74, 6) is -0.262. The molecule has 0 saturated carbocycles. The Balaban J connectivity index is 2.64. The Labute approximate surface area is 88.5 Å². The Bertz CT molecular complexity index is 277. The maximum absolute atomic E-state index is 13.1. The van der Waals surface area contributed by atoms with Gasteiger partial charge in [-0.05, 0) is 28.9 Å². The summed E-state index contributed by atoms with van der Waals surface area (Å²) in [4.78, 5) is 0.556. The molecule has 1 aromatic heterocycles. The topological polar surface area (TPSA) is 29.5 Å². The maximum atomic E-state index is 13.1. The first-order valence-corrected chi connectivity index (χ1v) is 5.43. The van der Waals surface area contributed by atoms with Gasteiger partial charge in [0.1, 0.15) is 5.82 Å². The molecule has 0 spiro atoms. The van der Waals surface area contributed by atoms with Crippen LogP contribution in [0.1, 0.15) is 17.9 Å². The zero-order valence-electron chi connectivity index (χ0n) is 7.09. The molecule has 1 rings (SSSR count). The van der Waals surface area contributed by atoms with Gasteiger partial charge in [-0.3, -0.25) is 0 Å². The number of ether oxygens (including phenoxy) is 1. The molecule has 1 N–H and O–H groups in total. The molecule has 0 fully saturated rings. The van der Waals surface area contributed by atoms with Gasteiger partial charge in [-0.2, -0.15) is 0 Å². The van der Waals surface area contributed by atoms with Gasteiger partial charge >= 0.3 is 0 Å². The first-order chi connectivity index (χ1) is 6.15. The van der Waals surface area contributed by atoms with E-state index in [1.165, 1.54) is 17.4 Å². The quantitative estimate of drug-likeness (QED) is 0.910. The van der Waals surface area contributed by atoms with Crippen LogP contribution in [-0.2, 0) is 4.74 Å².